The summed E-state index contributed by atoms with van der Waals surface area (Å²) in [7, 11) is 0. The first kappa shape index (κ1) is 25.2. The molecule has 0 amide bonds. The minimum atomic E-state index is 0.0624. The molecule has 0 heterocycles. The predicted molar refractivity (Wildman–Crippen MR) is 117 cm³/mol. The van der Waals surface area contributed by atoms with Crippen LogP contribution in [-0.2, 0) is 9.57 Å². The third kappa shape index (κ3) is 11.2. The van der Waals surface area contributed by atoms with E-state index in [2.05, 4.69) is 5.16 Å². The van der Waals surface area contributed by atoms with Gasteiger partial charge in [0.1, 0.15) is 23.0 Å². The van der Waals surface area contributed by atoms with Gasteiger partial charge in [0.2, 0.25) is 0 Å². The largest absolute Gasteiger partial charge is 0.490 e. The van der Waals surface area contributed by atoms with Gasteiger partial charge in [-0.25, -0.2) is 0 Å². The van der Waals surface area contributed by atoms with Gasteiger partial charge in [-0.05, 0) is 39.7 Å². The van der Waals surface area contributed by atoms with E-state index in [0.29, 0.717) is 41.4 Å². The number of benzene rings is 1. The summed E-state index contributed by atoms with van der Waals surface area (Å²) in [5, 5.41) is 4.71. The lowest BCUT2D eigenvalue weighted by Crippen LogP contribution is -2.09. The van der Waals surface area contributed by atoms with Crippen molar-refractivity contribution in [2.24, 2.45) is 5.16 Å². The number of ether oxygens (including phenoxy) is 3. The van der Waals surface area contributed by atoms with Gasteiger partial charge in [-0.1, -0.05) is 51.6 Å². The second kappa shape index (κ2) is 14.2. The van der Waals surface area contributed by atoms with Gasteiger partial charge in [0, 0.05) is 18.7 Å². The van der Waals surface area contributed by atoms with Gasteiger partial charge >= 0.3 is 0 Å². The van der Waals surface area contributed by atoms with Gasteiger partial charge in [-0.15, -0.1) is 0 Å². The molecule has 0 unspecified atom stereocenters. The van der Waals surface area contributed by atoms with Gasteiger partial charge in [-0.2, -0.15) is 0 Å². The van der Waals surface area contributed by atoms with Crippen LogP contribution in [0.1, 0.15) is 33.6 Å². The number of nitrogens with zero attached hydrogens (tertiary/aromatic N) is 1. The van der Waals surface area contributed by atoms with Crippen LogP contribution in [0.5, 0.6) is 11.5 Å². The zero-order valence-electron chi connectivity index (χ0n) is 16.1. The molecule has 0 aromatic heterocycles. The fourth-order valence-corrected chi connectivity index (χ4v) is 2.58. The highest BCUT2D eigenvalue weighted by Crippen LogP contribution is 2.37. The number of oxime groups is 1. The monoisotopic (exact) mass is 471 g/mol. The zero-order valence-corrected chi connectivity index (χ0v) is 19.2. The van der Waals surface area contributed by atoms with Crippen molar-refractivity contribution in [3.05, 3.63) is 32.7 Å². The molecule has 28 heavy (non-hydrogen) atoms. The van der Waals surface area contributed by atoms with Crippen molar-refractivity contribution >= 4 is 52.1 Å². The van der Waals surface area contributed by atoms with E-state index in [1.165, 1.54) is 6.08 Å². The van der Waals surface area contributed by atoms with E-state index in [1.807, 2.05) is 20.8 Å². The summed E-state index contributed by atoms with van der Waals surface area (Å²) >= 11 is 23.5. The van der Waals surface area contributed by atoms with E-state index in [4.69, 9.17) is 65.5 Å². The molecule has 0 aliphatic heterocycles. The SMILES string of the molecule is CC(COCCCCOc1c(Cl)cc(OCC=C(Cl)Cl)cc1Cl)=NOC(C)C. The molecule has 0 saturated heterocycles. The maximum absolute atomic E-state index is 6.22. The van der Waals surface area contributed by atoms with E-state index in [0.717, 1.165) is 18.6 Å². The fraction of sp³-hybridized carbons (Fsp3) is 0.526. The molecule has 0 radical (unpaired) electrons. The molecule has 9 heteroatoms. The highest BCUT2D eigenvalue weighted by molar-refractivity contribution is 6.55. The van der Waals surface area contributed by atoms with Crippen molar-refractivity contribution in [3.8, 4) is 11.5 Å². The number of halogens is 4. The molecule has 0 fully saturated rings. The Kier molecular flexibility index (Phi) is 12.8. The molecule has 0 N–H and O–H groups in total. The average Bonchev–Trinajstić information content (AvgIpc) is 2.60. The Labute approximate surface area is 186 Å². The molecule has 0 spiro atoms. The van der Waals surface area contributed by atoms with Crippen LogP contribution in [0.15, 0.2) is 27.9 Å². The average molecular weight is 473 g/mol. The van der Waals surface area contributed by atoms with Crippen LogP contribution in [0.3, 0.4) is 0 Å². The van der Waals surface area contributed by atoms with Crippen molar-refractivity contribution in [2.45, 2.75) is 39.7 Å². The van der Waals surface area contributed by atoms with Crippen LogP contribution in [0.25, 0.3) is 0 Å². The van der Waals surface area contributed by atoms with Crippen molar-refractivity contribution in [1.29, 1.82) is 0 Å². The first-order valence-corrected chi connectivity index (χ1v) is 10.3. The summed E-state index contributed by atoms with van der Waals surface area (Å²) in [6.45, 7) is 7.43. The number of unbranched alkanes of at least 4 members (excludes halogenated alkanes) is 1. The smallest absolute Gasteiger partial charge is 0.156 e. The van der Waals surface area contributed by atoms with Crippen molar-refractivity contribution in [1.82, 2.24) is 0 Å². The minimum Gasteiger partial charge on any atom is -0.490 e. The van der Waals surface area contributed by atoms with E-state index in [9.17, 15) is 0 Å². The molecule has 0 aliphatic rings. The predicted octanol–water partition coefficient (Wildman–Crippen LogP) is 6.67. The van der Waals surface area contributed by atoms with Crippen molar-refractivity contribution in [2.75, 3.05) is 26.4 Å². The molecule has 0 bridgehead atoms. The highest BCUT2D eigenvalue weighted by Gasteiger charge is 2.10. The Balaban J connectivity index is 2.30. The highest BCUT2D eigenvalue weighted by atomic mass is 35.5. The molecule has 0 aliphatic carbocycles. The molecular weight excluding hydrogens is 448 g/mol. The minimum absolute atomic E-state index is 0.0624. The number of hydrogen-bond acceptors (Lipinski definition) is 5. The first-order chi connectivity index (χ1) is 13.3. The lowest BCUT2D eigenvalue weighted by atomic mass is 10.3. The lowest BCUT2D eigenvalue weighted by Gasteiger charge is -2.12. The standard InChI is InChI=1S/C19H25Cl4NO4/c1-13(2)28-24-14(3)12-25-7-4-5-8-27-19-16(20)10-15(11-17(19)21)26-9-6-18(22)23/h6,10-11,13H,4-5,7-9,12H2,1-3H3. The Bertz CT molecular complexity index is 638. The Hall–Kier alpha value is -0.850. The molecule has 0 saturated carbocycles. The van der Waals surface area contributed by atoms with Gasteiger partial charge in [-0.3, -0.25) is 0 Å². The van der Waals surface area contributed by atoms with Gasteiger partial charge in [0.05, 0.1) is 29.0 Å². The van der Waals surface area contributed by atoms with E-state index in [1.54, 1.807) is 12.1 Å². The summed E-state index contributed by atoms with van der Waals surface area (Å²) < 4.78 is 16.8. The number of rotatable bonds is 13. The topological polar surface area (TPSA) is 49.3 Å². The number of hydrogen-bond donors (Lipinski definition) is 0. The van der Waals surface area contributed by atoms with E-state index < -0.39 is 0 Å². The second-order valence-electron chi connectivity index (χ2n) is 6.11. The van der Waals surface area contributed by atoms with Crippen LogP contribution in [0.4, 0.5) is 0 Å². The van der Waals surface area contributed by atoms with Crippen molar-refractivity contribution < 1.29 is 19.0 Å². The lowest BCUT2D eigenvalue weighted by molar-refractivity contribution is 0.0818. The molecule has 1 aromatic rings. The van der Waals surface area contributed by atoms with Crippen LogP contribution < -0.4 is 9.47 Å². The molecule has 1 rings (SSSR count). The molecule has 158 valence electrons. The van der Waals surface area contributed by atoms with E-state index in [-0.39, 0.29) is 17.2 Å². The molecule has 1 aromatic carbocycles. The summed E-state index contributed by atoms with van der Waals surface area (Å²) in [5.41, 5.74) is 0.801. The van der Waals surface area contributed by atoms with Crippen molar-refractivity contribution in [3.63, 3.8) is 0 Å². The molecule has 0 atom stereocenters. The Morgan fingerprint density at radius 3 is 2.32 bits per heavy atom. The second-order valence-corrected chi connectivity index (χ2v) is 7.93. The third-order valence-electron chi connectivity index (χ3n) is 3.12. The van der Waals surface area contributed by atoms with Gasteiger partial charge in [0.25, 0.3) is 0 Å². The maximum atomic E-state index is 6.22. The first-order valence-electron chi connectivity index (χ1n) is 8.82. The quantitative estimate of drug-likeness (QED) is 0.183. The zero-order chi connectivity index (χ0) is 20.9. The summed E-state index contributed by atoms with van der Waals surface area (Å²) in [4.78, 5) is 5.15. The van der Waals surface area contributed by atoms with Gasteiger partial charge in [0.15, 0.2) is 5.75 Å². The Morgan fingerprint density at radius 2 is 1.71 bits per heavy atom. The molecule has 5 nitrogen and oxygen atoms in total. The summed E-state index contributed by atoms with van der Waals surface area (Å²) in [6, 6.07) is 3.26. The summed E-state index contributed by atoms with van der Waals surface area (Å²) in [6.07, 6.45) is 3.21. The van der Waals surface area contributed by atoms with Crippen LogP contribution in [-0.4, -0.2) is 38.2 Å². The van der Waals surface area contributed by atoms with E-state index >= 15 is 0 Å². The normalized spacial score (nSPS) is 11.5. The third-order valence-corrected chi connectivity index (χ3v) is 3.99. The van der Waals surface area contributed by atoms with Gasteiger partial charge < -0.3 is 19.0 Å². The Morgan fingerprint density at radius 1 is 1.07 bits per heavy atom. The van der Waals surface area contributed by atoms with Crippen LogP contribution in [0, 0.1) is 0 Å². The maximum Gasteiger partial charge on any atom is 0.156 e. The summed E-state index contributed by atoms with van der Waals surface area (Å²) in [5.74, 6) is 0.927. The van der Waals surface area contributed by atoms with Crippen LogP contribution >= 0.6 is 46.4 Å². The fourth-order valence-electron chi connectivity index (χ4n) is 1.88. The van der Waals surface area contributed by atoms with Crippen LogP contribution in [0.2, 0.25) is 10.0 Å². The molecular formula is C19H25Cl4NO4.